The summed E-state index contributed by atoms with van der Waals surface area (Å²) in [6.45, 7) is 4.72. The van der Waals surface area contributed by atoms with Crippen molar-refractivity contribution in [1.29, 1.82) is 0 Å². The van der Waals surface area contributed by atoms with Gasteiger partial charge < -0.3 is 10.4 Å². The van der Waals surface area contributed by atoms with Gasteiger partial charge in [0.2, 0.25) is 0 Å². The summed E-state index contributed by atoms with van der Waals surface area (Å²) in [5.41, 5.74) is 3.29. The second-order valence-corrected chi connectivity index (χ2v) is 5.51. The lowest BCUT2D eigenvalue weighted by atomic mass is 10.1. The van der Waals surface area contributed by atoms with Crippen molar-refractivity contribution >= 4 is 17.3 Å². The molecule has 0 amide bonds. The Hall–Kier alpha value is -1.65. The highest BCUT2D eigenvalue weighted by Crippen LogP contribution is 2.19. The molecule has 2 N–H and O–H groups in total. The molecule has 0 bridgehead atoms. The van der Waals surface area contributed by atoms with E-state index in [1.54, 1.807) is 0 Å². The third kappa shape index (κ3) is 3.43. The molecule has 100 valence electrons. The molecule has 1 aromatic carbocycles. The molecule has 0 radical (unpaired) electrons. The van der Waals surface area contributed by atoms with Gasteiger partial charge in [-0.05, 0) is 36.4 Å². The van der Waals surface area contributed by atoms with E-state index in [1.165, 1.54) is 22.5 Å². The Kier molecular flexibility index (Phi) is 4.35. The van der Waals surface area contributed by atoms with Crippen LogP contribution in [0.5, 0.6) is 0 Å². The Labute approximate surface area is 116 Å². The number of nitrogens with one attached hydrogen (secondary N) is 1. The molecule has 1 atom stereocenters. The molecule has 19 heavy (non-hydrogen) atoms. The number of thiophene rings is 1. The second-order valence-electron chi connectivity index (χ2n) is 4.60. The normalized spacial score (nSPS) is 12.3. The Bertz CT molecular complexity index is 577. The summed E-state index contributed by atoms with van der Waals surface area (Å²) in [4.78, 5) is 11.4. The van der Waals surface area contributed by atoms with Crippen LogP contribution in [-0.2, 0) is 6.54 Å². The van der Waals surface area contributed by atoms with Crippen molar-refractivity contribution in [3.63, 3.8) is 0 Å². The zero-order valence-electron chi connectivity index (χ0n) is 11.0. The third-order valence-corrected chi connectivity index (χ3v) is 4.03. The average Bonchev–Trinajstić information content (AvgIpc) is 2.84. The molecule has 2 rings (SSSR count). The third-order valence-electron chi connectivity index (χ3n) is 3.08. The highest BCUT2D eigenvalue weighted by molar-refractivity contribution is 7.12. The van der Waals surface area contributed by atoms with E-state index in [0.717, 1.165) is 5.56 Å². The summed E-state index contributed by atoms with van der Waals surface area (Å²) in [6, 6.07) is 10.4. The lowest BCUT2D eigenvalue weighted by Gasteiger charge is -2.14. The van der Waals surface area contributed by atoms with Crippen LogP contribution >= 0.6 is 11.3 Å². The van der Waals surface area contributed by atoms with Gasteiger partial charge in [0.1, 0.15) is 4.88 Å². The highest BCUT2D eigenvalue weighted by Gasteiger charge is 2.12. The van der Waals surface area contributed by atoms with Gasteiger partial charge in [0, 0.05) is 12.6 Å². The summed E-state index contributed by atoms with van der Waals surface area (Å²) in [5.74, 6) is -0.852. The van der Waals surface area contributed by atoms with Crippen LogP contribution in [0.15, 0.2) is 35.7 Å². The molecule has 0 unspecified atom stereocenters. The number of hydrogen-bond acceptors (Lipinski definition) is 3. The summed E-state index contributed by atoms with van der Waals surface area (Å²) in [5, 5.41) is 14.2. The first kappa shape index (κ1) is 13.8. The van der Waals surface area contributed by atoms with Crippen LogP contribution in [0.2, 0.25) is 0 Å². The minimum atomic E-state index is -0.852. The van der Waals surface area contributed by atoms with E-state index in [4.69, 9.17) is 5.11 Å². The van der Waals surface area contributed by atoms with Crippen LogP contribution in [0.25, 0.3) is 0 Å². The van der Waals surface area contributed by atoms with Crippen molar-refractivity contribution in [3.8, 4) is 0 Å². The van der Waals surface area contributed by atoms with E-state index in [0.29, 0.717) is 11.4 Å². The van der Waals surface area contributed by atoms with Gasteiger partial charge in [0.05, 0.1) is 0 Å². The van der Waals surface area contributed by atoms with Gasteiger partial charge in [0.25, 0.3) is 0 Å². The average molecular weight is 275 g/mol. The van der Waals surface area contributed by atoms with Crippen LogP contribution in [0.3, 0.4) is 0 Å². The minimum Gasteiger partial charge on any atom is -0.477 e. The molecule has 0 aliphatic heterocycles. The lowest BCUT2D eigenvalue weighted by molar-refractivity contribution is 0.0701. The van der Waals surface area contributed by atoms with Crippen LogP contribution in [0, 0.1) is 6.92 Å². The van der Waals surface area contributed by atoms with E-state index in [1.807, 2.05) is 17.5 Å². The Morgan fingerprint density at radius 3 is 2.89 bits per heavy atom. The zero-order valence-corrected chi connectivity index (χ0v) is 11.8. The Morgan fingerprint density at radius 1 is 1.42 bits per heavy atom. The van der Waals surface area contributed by atoms with Crippen molar-refractivity contribution in [1.82, 2.24) is 5.32 Å². The van der Waals surface area contributed by atoms with Crippen molar-refractivity contribution in [2.45, 2.75) is 26.4 Å². The maximum atomic E-state index is 11.0. The highest BCUT2D eigenvalue weighted by atomic mass is 32.1. The van der Waals surface area contributed by atoms with Gasteiger partial charge in [-0.15, -0.1) is 11.3 Å². The fraction of sp³-hybridized carbons (Fsp3) is 0.267. The van der Waals surface area contributed by atoms with E-state index < -0.39 is 5.97 Å². The molecular weight excluding hydrogens is 258 g/mol. The maximum Gasteiger partial charge on any atom is 0.346 e. The molecule has 0 aliphatic carbocycles. The number of carboxylic acid groups (broad SMARTS) is 1. The van der Waals surface area contributed by atoms with Crippen LogP contribution < -0.4 is 5.32 Å². The Morgan fingerprint density at radius 2 is 2.21 bits per heavy atom. The molecular formula is C15H17NO2S. The monoisotopic (exact) mass is 275 g/mol. The fourth-order valence-corrected chi connectivity index (χ4v) is 2.74. The molecule has 1 aromatic heterocycles. The smallest absolute Gasteiger partial charge is 0.346 e. The first-order valence-corrected chi connectivity index (χ1v) is 7.05. The van der Waals surface area contributed by atoms with Crippen LogP contribution in [0.1, 0.15) is 39.3 Å². The topological polar surface area (TPSA) is 49.3 Å². The number of rotatable bonds is 5. The van der Waals surface area contributed by atoms with E-state index in [2.05, 4.69) is 37.4 Å². The summed E-state index contributed by atoms with van der Waals surface area (Å²) < 4.78 is 0. The molecule has 4 heteroatoms. The van der Waals surface area contributed by atoms with Gasteiger partial charge in [-0.1, -0.05) is 29.8 Å². The molecule has 0 spiro atoms. The largest absolute Gasteiger partial charge is 0.477 e. The number of hydrogen-bond donors (Lipinski definition) is 2. The summed E-state index contributed by atoms with van der Waals surface area (Å²) in [6.07, 6.45) is 0. The van der Waals surface area contributed by atoms with Crippen molar-refractivity contribution in [2.24, 2.45) is 0 Å². The van der Waals surface area contributed by atoms with Crippen LogP contribution in [0.4, 0.5) is 0 Å². The molecule has 0 fully saturated rings. The maximum absolute atomic E-state index is 11.0. The SMILES string of the molecule is Cc1cccc([C@H](C)NCc2ccsc2C(=O)O)c1. The van der Waals surface area contributed by atoms with Gasteiger partial charge >= 0.3 is 5.97 Å². The lowest BCUT2D eigenvalue weighted by Crippen LogP contribution is -2.19. The van der Waals surface area contributed by atoms with Gasteiger partial charge in [-0.2, -0.15) is 0 Å². The molecule has 0 saturated heterocycles. The quantitative estimate of drug-likeness (QED) is 0.876. The van der Waals surface area contributed by atoms with Crippen molar-refractivity contribution in [3.05, 3.63) is 57.3 Å². The van der Waals surface area contributed by atoms with E-state index >= 15 is 0 Å². The number of carbonyl (C=O) groups is 1. The molecule has 0 saturated carbocycles. The molecule has 1 heterocycles. The van der Waals surface area contributed by atoms with Gasteiger partial charge in [0.15, 0.2) is 0 Å². The minimum absolute atomic E-state index is 0.196. The Balaban J connectivity index is 2.02. The summed E-state index contributed by atoms with van der Waals surface area (Å²) >= 11 is 1.27. The van der Waals surface area contributed by atoms with E-state index in [9.17, 15) is 4.79 Å². The van der Waals surface area contributed by atoms with Crippen molar-refractivity contribution in [2.75, 3.05) is 0 Å². The van der Waals surface area contributed by atoms with E-state index in [-0.39, 0.29) is 6.04 Å². The number of aromatic carboxylic acids is 1. The molecule has 2 aromatic rings. The first-order valence-electron chi connectivity index (χ1n) is 6.17. The fourth-order valence-electron chi connectivity index (χ4n) is 1.98. The van der Waals surface area contributed by atoms with Gasteiger partial charge in [-0.3, -0.25) is 0 Å². The second kappa shape index (κ2) is 5.99. The number of carboxylic acids is 1. The summed E-state index contributed by atoms with van der Waals surface area (Å²) in [7, 11) is 0. The number of aryl methyl sites for hydroxylation is 1. The predicted molar refractivity (Wildman–Crippen MR) is 77.7 cm³/mol. The standard InChI is InChI=1S/C15H17NO2S/c1-10-4-3-5-12(8-10)11(2)16-9-13-6-7-19-14(13)15(17)18/h3-8,11,16H,9H2,1-2H3,(H,17,18)/t11-/m0/s1. The van der Waals surface area contributed by atoms with Gasteiger partial charge in [-0.25, -0.2) is 4.79 Å². The van der Waals surface area contributed by atoms with Crippen molar-refractivity contribution < 1.29 is 9.90 Å². The molecule has 3 nitrogen and oxygen atoms in total. The first-order chi connectivity index (χ1) is 9.08. The number of benzene rings is 1. The predicted octanol–water partition coefficient (Wildman–Crippen LogP) is 3.61. The molecule has 0 aliphatic rings. The van der Waals surface area contributed by atoms with Crippen LogP contribution in [-0.4, -0.2) is 11.1 Å². The zero-order chi connectivity index (χ0) is 13.8.